The van der Waals surface area contributed by atoms with E-state index in [4.69, 9.17) is 4.74 Å². The zero-order valence-electron chi connectivity index (χ0n) is 20.7. The number of hydrogen-bond acceptors (Lipinski definition) is 1. The Morgan fingerprint density at radius 2 is 1.21 bits per heavy atom. The van der Waals surface area contributed by atoms with E-state index in [0.29, 0.717) is 36.3 Å². The van der Waals surface area contributed by atoms with Crippen molar-refractivity contribution in [3.8, 4) is 0 Å². The van der Waals surface area contributed by atoms with Gasteiger partial charge in [-0.25, -0.2) is 17.6 Å². The molecule has 3 aliphatic carbocycles. The topological polar surface area (TPSA) is 9.23 Å². The SMILES string of the molecule is CCC1CCC(c2ccc(C3CCC(CCC4CCC(OC)C(F)=C4F)CC3)c(F)c2F)CC1. The fourth-order valence-corrected chi connectivity index (χ4v) is 6.74. The summed E-state index contributed by atoms with van der Waals surface area (Å²) in [6, 6.07) is 3.68. The lowest BCUT2D eigenvalue weighted by Gasteiger charge is -2.32. The van der Waals surface area contributed by atoms with Gasteiger partial charge in [-0.2, -0.15) is 0 Å². The van der Waals surface area contributed by atoms with Gasteiger partial charge in [0.15, 0.2) is 17.5 Å². The number of methoxy groups -OCH3 is 1. The standard InChI is InChI=1S/C29H40F4O/c1-3-18-4-9-20(10-5-18)23-15-16-24(28(32)27(23)31)21-11-6-19(7-12-21)8-13-22-14-17-25(34-2)29(33)26(22)30/h15-16,18-22,25H,3-14,17H2,1-2H3. The van der Waals surface area contributed by atoms with E-state index in [1.165, 1.54) is 13.5 Å². The first-order valence-electron chi connectivity index (χ1n) is 13.5. The van der Waals surface area contributed by atoms with Crippen molar-refractivity contribution < 1.29 is 22.3 Å². The first kappa shape index (κ1) is 25.7. The fourth-order valence-electron chi connectivity index (χ4n) is 6.74. The molecule has 2 unspecified atom stereocenters. The molecule has 3 aliphatic rings. The average Bonchev–Trinajstić information content (AvgIpc) is 2.87. The molecule has 2 fully saturated rings. The minimum absolute atomic E-state index is 0.0434. The van der Waals surface area contributed by atoms with Crippen molar-refractivity contribution >= 4 is 0 Å². The second kappa shape index (κ2) is 11.6. The van der Waals surface area contributed by atoms with Crippen LogP contribution >= 0.6 is 0 Å². The molecule has 1 aromatic carbocycles. The van der Waals surface area contributed by atoms with Crippen LogP contribution in [0.2, 0.25) is 0 Å². The molecule has 190 valence electrons. The highest BCUT2D eigenvalue weighted by molar-refractivity contribution is 5.32. The maximum absolute atomic E-state index is 15.1. The quantitative estimate of drug-likeness (QED) is 0.353. The summed E-state index contributed by atoms with van der Waals surface area (Å²) >= 11 is 0. The van der Waals surface area contributed by atoms with Gasteiger partial charge in [-0.15, -0.1) is 0 Å². The molecule has 2 atom stereocenters. The van der Waals surface area contributed by atoms with Crippen molar-refractivity contribution in [1.82, 2.24) is 0 Å². The zero-order valence-corrected chi connectivity index (χ0v) is 20.7. The highest BCUT2D eigenvalue weighted by Gasteiger charge is 2.33. The van der Waals surface area contributed by atoms with Crippen LogP contribution in [0.4, 0.5) is 17.6 Å². The van der Waals surface area contributed by atoms with Gasteiger partial charge in [0, 0.05) is 13.0 Å². The molecule has 34 heavy (non-hydrogen) atoms. The Bertz CT molecular complexity index is 850. The lowest BCUT2D eigenvalue weighted by molar-refractivity contribution is 0.0801. The molecule has 0 aromatic heterocycles. The molecule has 1 aromatic rings. The third kappa shape index (κ3) is 5.55. The largest absolute Gasteiger partial charge is 0.374 e. The van der Waals surface area contributed by atoms with Gasteiger partial charge < -0.3 is 4.74 Å². The van der Waals surface area contributed by atoms with E-state index in [1.807, 2.05) is 12.1 Å². The second-order valence-electron chi connectivity index (χ2n) is 11.0. The van der Waals surface area contributed by atoms with E-state index in [9.17, 15) is 8.78 Å². The van der Waals surface area contributed by atoms with Crippen molar-refractivity contribution in [1.29, 1.82) is 0 Å². The maximum atomic E-state index is 15.1. The van der Waals surface area contributed by atoms with Crippen molar-refractivity contribution in [3.63, 3.8) is 0 Å². The number of rotatable bonds is 7. The first-order chi connectivity index (χ1) is 16.4. The van der Waals surface area contributed by atoms with Gasteiger partial charge in [-0.3, -0.25) is 0 Å². The maximum Gasteiger partial charge on any atom is 0.162 e. The smallest absolute Gasteiger partial charge is 0.162 e. The first-order valence-corrected chi connectivity index (χ1v) is 13.5. The number of benzene rings is 1. The van der Waals surface area contributed by atoms with Crippen LogP contribution in [0.1, 0.15) is 113 Å². The molecule has 0 radical (unpaired) electrons. The van der Waals surface area contributed by atoms with E-state index >= 15 is 8.78 Å². The monoisotopic (exact) mass is 480 g/mol. The molecule has 0 spiro atoms. The summed E-state index contributed by atoms with van der Waals surface area (Å²) in [7, 11) is 1.41. The van der Waals surface area contributed by atoms with E-state index in [2.05, 4.69) is 6.92 Å². The van der Waals surface area contributed by atoms with Crippen molar-refractivity contribution in [2.45, 2.75) is 108 Å². The Labute approximate surface area is 202 Å². The van der Waals surface area contributed by atoms with E-state index in [-0.39, 0.29) is 17.8 Å². The van der Waals surface area contributed by atoms with Crippen LogP contribution in [0, 0.1) is 29.4 Å². The van der Waals surface area contributed by atoms with Gasteiger partial charge in [-0.1, -0.05) is 25.5 Å². The van der Waals surface area contributed by atoms with Crippen LogP contribution in [0.25, 0.3) is 0 Å². The van der Waals surface area contributed by atoms with Crippen molar-refractivity contribution in [3.05, 3.63) is 46.5 Å². The summed E-state index contributed by atoms with van der Waals surface area (Å²) in [5.74, 6) is -1.64. The lowest BCUT2D eigenvalue weighted by Crippen LogP contribution is -2.23. The van der Waals surface area contributed by atoms with Gasteiger partial charge in [0.2, 0.25) is 0 Å². The normalized spacial score (nSPS) is 32.8. The molecule has 0 bridgehead atoms. The molecule has 0 N–H and O–H groups in total. The van der Waals surface area contributed by atoms with E-state index in [0.717, 1.165) is 63.7 Å². The summed E-state index contributed by atoms with van der Waals surface area (Å²) in [5, 5.41) is 0. The second-order valence-corrected chi connectivity index (χ2v) is 11.0. The van der Waals surface area contributed by atoms with Crippen LogP contribution in [0.15, 0.2) is 23.8 Å². The Hall–Kier alpha value is -1.36. The van der Waals surface area contributed by atoms with Crippen molar-refractivity contribution in [2.24, 2.45) is 17.8 Å². The van der Waals surface area contributed by atoms with Crippen LogP contribution < -0.4 is 0 Å². The van der Waals surface area contributed by atoms with Gasteiger partial charge in [0.25, 0.3) is 0 Å². The fraction of sp³-hybridized carbons (Fsp3) is 0.724. The Morgan fingerprint density at radius 1 is 0.676 bits per heavy atom. The predicted octanol–water partition coefficient (Wildman–Crippen LogP) is 9.28. The summed E-state index contributed by atoms with van der Waals surface area (Å²) in [4.78, 5) is 0. The molecular weight excluding hydrogens is 440 g/mol. The van der Waals surface area contributed by atoms with Gasteiger partial charge >= 0.3 is 0 Å². The molecule has 0 amide bonds. The highest BCUT2D eigenvalue weighted by Crippen LogP contribution is 2.43. The van der Waals surface area contributed by atoms with E-state index < -0.39 is 29.4 Å². The highest BCUT2D eigenvalue weighted by atomic mass is 19.2. The van der Waals surface area contributed by atoms with E-state index in [1.54, 1.807) is 0 Å². The molecule has 2 saturated carbocycles. The number of halogens is 4. The summed E-state index contributed by atoms with van der Waals surface area (Å²) in [6.07, 6.45) is 10.7. The molecule has 0 heterocycles. The molecule has 5 heteroatoms. The third-order valence-electron chi connectivity index (χ3n) is 9.15. The zero-order chi connectivity index (χ0) is 24.2. The number of hydrogen-bond donors (Lipinski definition) is 0. The Kier molecular flexibility index (Phi) is 8.76. The Morgan fingerprint density at radius 3 is 1.71 bits per heavy atom. The third-order valence-corrected chi connectivity index (χ3v) is 9.15. The average molecular weight is 481 g/mol. The molecule has 0 saturated heterocycles. The van der Waals surface area contributed by atoms with Crippen LogP contribution in [-0.4, -0.2) is 13.2 Å². The van der Waals surface area contributed by atoms with Crippen LogP contribution in [0.3, 0.4) is 0 Å². The Balaban J connectivity index is 1.30. The summed E-state index contributed by atoms with van der Waals surface area (Å²) in [6.45, 7) is 2.21. The number of allylic oxidation sites excluding steroid dienone is 1. The number of ether oxygens (including phenoxy) is 1. The van der Waals surface area contributed by atoms with Gasteiger partial charge in [0.1, 0.15) is 11.9 Å². The predicted molar refractivity (Wildman–Crippen MR) is 128 cm³/mol. The molecule has 1 nitrogen and oxygen atoms in total. The minimum Gasteiger partial charge on any atom is -0.374 e. The lowest BCUT2D eigenvalue weighted by atomic mass is 9.74. The van der Waals surface area contributed by atoms with Crippen LogP contribution in [-0.2, 0) is 4.74 Å². The van der Waals surface area contributed by atoms with Gasteiger partial charge in [-0.05, 0) is 112 Å². The summed E-state index contributed by atoms with van der Waals surface area (Å²) in [5.41, 5.74) is 1.09. The summed E-state index contributed by atoms with van der Waals surface area (Å²) < 4.78 is 63.6. The van der Waals surface area contributed by atoms with Crippen LogP contribution in [0.5, 0.6) is 0 Å². The minimum atomic E-state index is -0.736. The molecular formula is C29H40F4O. The van der Waals surface area contributed by atoms with Crippen molar-refractivity contribution in [2.75, 3.05) is 7.11 Å². The molecule has 0 aliphatic heterocycles. The van der Waals surface area contributed by atoms with Gasteiger partial charge in [0.05, 0.1) is 0 Å². The molecule has 4 rings (SSSR count).